The van der Waals surface area contributed by atoms with Crippen LogP contribution in [0.25, 0.3) is 11.4 Å². The molecule has 0 bridgehead atoms. The highest BCUT2D eigenvalue weighted by Gasteiger charge is 2.27. The molecule has 36 heavy (non-hydrogen) atoms. The zero-order valence-electron chi connectivity index (χ0n) is 20.7. The van der Waals surface area contributed by atoms with Crippen molar-refractivity contribution in [2.75, 3.05) is 39.2 Å². The molecule has 0 radical (unpaired) electrons. The predicted octanol–water partition coefficient (Wildman–Crippen LogP) is 3.78. The number of piperidine rings is 1. The Hall–Kier alpha value is -3.92. The summed E-state index contributed by atoms with van der Waals surface area (Å²) in [6.45, 7) is 3.95. The van der Waals surface area contributed by atoms with Crippen LogP contribution in [-0.2, 0) is 16.1 Å². The van der Waals surface area contributed by atoms with Crippen LogP contribution in [0.4, 0.5) is 5.69 Å². The molecule has 2 heterocycles. The van der Waals surface area contributed by atoms with E-state index in [-0.39, 0.29) is 18.4 Å². The third kappa shape index (κ3) is 5.83. The maximum absolute atomic E-state index is 12.9. The van der Waals surface area contributed by atoms with E-state index in [0.29, 0.717) is 66.9 Å². The number of ether oxygens (including phenoxy) is 3. The molecule has 1 aliphatic rings. The number of methoxy groups -OCH3 is 2. The second kappa shape index (κ2) is 11.7. The minimum Gasteiger partial charge on any atom is -0.493 e. The van der Waals surface area contributed by atoms with Gasteiger partial charge in [0.2, 0.25) is 17.6 Å². The van der Waals surface area contributed by atoms with Crippen LogP contribution in [-0.4, -0.2) is 60.8 Å². The fraction of sp³-hybridized carbons (Fsp3) is 0.385. The van der Waals surface area contributed by atoms with Gasteiger partial charge >= 0.3 is 5.97 Å². The number of nitrogens with zero attached hydrogens (tertiary/aromatic N) is 3. The summed E-state index contributed by atoms with van der Waals surface area (Å²) in [7, 11) is 3.16. The molecule has 0 saturated carbocycles. The lowest BCUT2D eigenvalue weighted by molar-refractivity contribution is -0.121. The van der Waals surface area contributed by atoms with E-state index in [1.807, 2.05) is 6.07 Å². The molecule has 1 aliphatic heterocycles. The highest BCUT2D eigenvalue weighted by atomic mass is 16.5. The van der Waals surface area contributed by atoms with Gasteiger partial charge in [-0.1, -0.05) is 17.3 Å². The minimum atomic E-state index is -0.449. The molecule has 190 valence electrons. The van der Waals surface area contributed by atoms with Crippen LogP contribution in [0.2, 0.25) is 0 Å². The molecule has 0 atom stereocenters. The van der Waals surface area contributed by atoms with E-state index in [1.165, 1.54) is 0 Å². The number of carbonyl (C=O) groups is 2. The van der Waals surface area contributed by atoms with Crippen molar-refractivity contribution in [2.24, 2.45) is 5.92 Å². The Balaban J connectivity index is 1.32. The fourth-order valence-corrected chi connectivity index (χ4v) is 4.17. The van der Waals surface area contributed by atoms with Gasteiger partial charge in [0.1, 0.15) is 0 Å². The average molecular weight is 495 g/mol. The molecule has 0 unspecified atom stereocenters. The van der Waals surface area contributed by atoms with Gasteiger partial charge in [0.05, 0.1) is 38.6 Å². The maximum atomic E-state index is 12.9. The summed E-state index contributed by atoms with van der Waals surface area (Å²) in [6.07, 6.45) is 1.37. The first-order valence-corrected chi connectivity index (χ1v) is 11.9. The van der Waals surface area contributed by atoms with Crippen molar-refractivity contribution in [3.8, 4) is 22.9 Å². The van der Waals surface area contributed by atoms with Crippen LogP contribution in [0.5, 0.6) is 11.5 Å². The van der Waals surface area contributed by atoms with Gasteiger partial charge in [-0.25, -0.2) is 4.79 Å². The molecule has 1 aromatic heterocycles. The zero-order chi connectivity index (χ0) is 25.5. The number of aromatic nitrogens is 2. The highest BCUT2D eigenvalue weighted by Crippen LogP contribution is 2.31. The lowest BCUT2D eigenvalue weighted by atomic mass is 9.95. The number of anilines is 1. The summed E-state index contributed by atoms with van der Waals surface area (Å²) in [4.78, 5) is 31.8. The number of carbonyl (C=O) groups excluding carboxylic acids is 2. The van der Waals surface area contributed by atoms with Gasteiger partial charge < -0.3 is 24.1 Å². The molecular formula is C26H30N4O6. The van der Waals surface area contributed by atoms with Crippen molar-refractivity contribution < 1.29 is 28.3 Å². The zero-order valence-corrected chi connectivity index (χ0v) is 20.7. The van der Waals surface area contributed by atoms with E-state index >= 15 is 0 Å². The molecule has 1 N–H and O–H groups in total. The fourth-order valence-electron chi connectivity index (χ4n) is 4.17. The van der Waals surface area contributed by atoms with Crippen LogP contribution < -0.4 is 14.8 Å². The minimum absolute atomic E-state index is 0.0973. The van der Waals surface area contributed by atoms with Gasteiger partial charge in [0, 0.05) is 11.5 Å². The van der Waals surface area contributed by atoms with Crippen molar-refractivity contribution in [1.82, 2.24) is 15.0 Å². The van der Waals surface area contributed by atoms with Gasteiger partial charge in [0.25, 0.3) is 0 Å². The first kappa shape index (κ1) is 25.2. The van der Waals surface area contributed by atoms with Crippen LogP contribution in [0.3, 0.4) is 0 Å². The third-order valence-electron chi connectivity index (χ3n) is 6.11. The Kier molecular flexibility index (Phi) is 8.17. The topological polar surface area (TPSA) is 116 Å². The smallest absolute Gasteiger partial charge is 0.340 e. The van der Waals surface area contributed by atoms with E-state index in [4.69, 9.17) is 18.7 Å². The summed E-state index contributed by atoms with van der Waals surface area (Å²) in [6, 6.07) is 12.3. The van der Waals surface area contributed by atoms with Gasteiger partial charge in [-0.05, 0) is 63.2 Å². The molecule has 10 heteroatoms. The number of rotatable bonds is 9. The molecule has 2 aromatic carbocycles. The summed E-state index contributed by atoms with van der Waals surface area (Å²) in [5.74, 6) is 1.50. The van der Waals surface area contributed by atoms with Crippen molar-refractivity contribution >= 4 is 17.6 Å². The van der Waals surface area contributed by atoms with E-state index < -0.39 is 5.97 Å². The standard InChI is InChI=1S/C26H30N4O6/c1-4-35-26(32)19-7-5-6-8-20(19)27-25(31)17-11-13-30(14-12-17)16-23-28-24(29-36-23)18-9-10-21(33-2)22(15-18)34-3/h5-10,15,17H,4,11-14,16H2,1-3H3,(H,27,31). The van der Waals surface area contributed by atoms with E-state index in [9.17, 15) is 9.59 Å². The second-order valence-corrected chi connectivity index (χ2v) is 8.39. The number of benzene rings is 2. The van der Waals surface area contributed by atoms with Gasteiger partial charge in [0.15, 0.2) is 11.5 Å². The maximum Gasteiger partial charge on any atom is 0.340 e. The number of hydrogen-bond donors (Lipinski definition) is 1. The Labute approximate surface area is 209 Å². The first-order chi connectivity index (χ1) is 17.5. The Morgan fingerprint density at radius 3 is 2.56 bits per heavy atom. The van der Waals surface area contributed by atoms with Crippen LogP contribution in [0.15, 0.2) is 47.0 Å². The van der Waals surface area contributed by atoms with Crippen molar-refractivity contribution in [1.29, 1.82) is 0 Å². The molecule has 0 aliphatic carbocycles. The Morgan fingerprint density at radius 2 is 1.83 bits per heavy atom. The normalized spacial score (nSPS) is 14.3. The second-order valence-electron chi connectivity index (χ2n) is 8.39. The molecular weight excluding hydrogens is 464 g/mol. The summed E-state index contributed by atoms with van der Waals surface area (Å²) in [5.41, 5.74) is 1.59. The number of hydrogen-bond acceptors (Lipinski definition) is 9. The van der Waals surface area contributed by atoms with Gasteiger partial charge in [-0.2, -0.15) is 4.98 Å². The molecule has 1 amide bonds. The number of likely N-dealkylation sites (tertiary alicyclic amines) is 1. The largest absolute Gasteiger partial charge is 0.493 e. The molecule has 10 nitrogen and oxygen atoms in total. The van der Waals surface area contributed by atoms with E-state index in [0.717, 1.165) is 5.56 Å². The quantitative estimate of drug-likeness (QED) is 0.444. The predicted molar refractivity (Wildman–Crippen MR) is 132 cm³/mol. The van der Waals surface area contributed by atoms with Gasteiger partial charge in [-0.15, -0.1) is 0 Å². The van der Waals surface area contributed by atoms with Crippen LogP contribution in [0.1, 0.15) is 36.0 Å². The lowest BCUT2D eigenvalue weighted by Crippen LogP contribution is -2.38. The average Bonchev–Trinajstić information content (AvgIpc) is 3.37. The van der Waals surface area contributed by atoms with Crippen molar-refractivity contribution in [3.63, 3.8) is 0 Å². The lowest BCUT2D eigenvalue weighted by Gasteiger charge is -2.30. The summed E-state index contributed by atoms with van der Waals surface area (Å²) >= 11 is 0. The molecule has 1 fully saturated rings. The molecule has 3 aromatic rings. The SMILES string of the molecule is CCOC(=O)c1ccccc1NC(=O)C1CCN(Cc2nc(-c3ccc(OC)c(OC)c3)no2)CC1. The van der Waals surface area contributed by atoms with Crippen molar-refractivity contribution in [3.05, 3.63) is 53.9 Å². The molecule has 4 rings (SSSR count). The van der Waals surface area contributed by atoms with E-state index in [1.54, 1.807) is 57.5 Å². The Bertz CT molecular complexity index is 1200. The summed E-state index contributed by atoms with van der Waals surface area (Å²) in [5, 5.41) is 7.00. The number of esters is 1. The molecule has 1 saturated heterocycles. The Morgan fingerprint density at radius 1 is 1.08 bits per heavy atom. The van der Waals surface area contributed by atoms with Crippen molar-refractivity contribution in [2.45, 2.75) is 26.3 Å². The highest BCUT2D eigenvalue weighted by molar-refractivity contribution is 6.01. The monoisotopic (exact) mass is 494 g/mol. The third-order valence-corrected chi connectivity index (χ3v) is 6.11. The number of para-hydroxylation sites is 1. The summed E-state index contributed by atoms with van der Waals surface area (Å²) < 4.78 is 21.2. The van der Waals surface area contributed by atoms with Gasteiger partial charge in [-0.3, -0.25) is 9.69 Å². The first-order valence-electron chi connectivity index (χ1n) is 11.9. The van der Waals surface area contributed by atoms with E-state index in [2.05, 4.69) is 20.4 Å². The van der Waals surface area contributed by atoms with Crippen LogP contribution in [0, 0.1) is 5.92 Å². The number of amides is 1. The molecule has 0 spiro atoms. The number of nitrogens with one attached hydrogen (secondary N) is 1. The van der Waals surface area contributed by atoms with Crippen LogP contribution >= 0.6 is 0 Å².